The maximum absolute atomic E-state index is 3.55. The second-order valence-electron chi connectivity index (χ2n) is 5.34. The van der Waals surface area contributed by atoms with Crippen molar-refractivity contribution in [1.82, 2.24) is 5.32 Å². The van der Waals surface area contributed by atoms with Crippen molar-refractivity contribution in [1.29, 1.82) is 0 Å². The normalized spacial score (nSPS) is 15.3. The van der Waals surface area contributed by atoms with Gasteiger partial charge in [0.15, 0.2) is 0 Å². The first kappa shape index (κ1) is 13.7. The van der Waals surface area contributed by atoms with Gasteiger partial charge in [0.1, 0.15) is 0 Å². The van der Waals surface area contributed by atoms with Gasteiger partial charge < -0.3 is 5.32 Å². The molecule has 0 aromatic carbocycles. The third-order valence-corrected chi connectivity index (χ3v) is 3.86. The lowest BCUT2D eigenvalue weighted by Gasteiger charge is -2.20. The van der Waals surface area contributed by atoms with E-state index in [1.807, 2.05) is 0 Å². The molecule has 1 nitrogen and oxygen atoms in total. The third kappa shape index (κ3) is 5.13. The highest BCUT2D eigenvalue weighted by Gasteiger charge is 2.12. The molecule has 0 bridgehead atoms. The van der Waals surface area contributed by atoms with Crippen LogP contribution in [0, 0.1) is 17.8 Å². The molecule has 2 atom stereocenters. The van der Waals surface area contributed by atoms with E-state index in [9.17, 15) is 0 Å². The highest BCUT2D eigenvalue weighted by atomic mass is 32.1. The SMILES string of the molecule is CC(C)CNCC(C)C(C)Cc1ccsc1. The zero-order valence-electron chi connectivity index (χ0n) is 11.0. The molecular formula is C14H25NS. The average Bonchev–Trinajstić information content (AvgIpc) is 2.69. The molecule has 0 saturated heterocycles. The van der Waals surface area contributed by atoms with Gasteiger partial charge in [0, 0.05) is 0 Å². The van der Waals surface area contributed by atoms with E-state index in [4.69, 9.17) is 0 Å². The summed E-state index contributed by atoms with van der Waals surface area (Å²) in [4.78, 5) is 0. The Balaban J connectivity index is 2.22. The summed E-state index contributed by atoms with van der Waals surface area (Å²) in [7, 11) is 0. The van der Waals surface area contributed by atoms with E-state index in [2.05, 4.69) is 49.8 Å². The van der Waals surface area contributed by atoms with Crippen molar-refractivity contribution in [2.75, 3.05) is 13.1 Å². The second kappa shape index (κ2) is 7.08. The fourth-order valence-corrected chi connectivity index (χ4v) is 2.46. The van der Waals surface area contributed by atoms with Gasteiger partial charge in [-0.25, -0.2) is 0 Å². The number of rotatable bonds is 7. The van der Waals surface area contributed by atoms with Crippen LogP contribution in [-0.4, -0.2) is 13.1 Å². The average molecular weight is 239 g/mol. The van der Waals surface area contributed by atoms with E-state index in [0.29, 0.717) is 0 Å². The molecule has 0 amide bonds. The van der Waals surface area contributed by atoms with Gasteiger partial charge in [-0.1, -0.05) is 27.7 Å². The summed E-state index contributed by atoms with van der Waals surface area (Å²) in [6.07, 6.45) is 1.22. The van der Waals surface area contributed by atoms with Crippen LogP contribution in [-0.2, 0) is 6.42 Å². The van der Waals surface area contributed by atoms with Crippen LogP contribution in [0.1, 0.15) is 33.3 Å². The molecule has 2 heteroatoms. The summed E-state index contributed by atoms with van der Waals surface area (Å²) in [5.41, 5.74) is 1.49. The predicted molar refractivity (Wildman–Crippen MR) is 74.1 cm³/mol. The van der Waals surface area contributed by atoms with Gasteiger partial charge in [-0.05, 0) is 59.7 Å². The van der Waals surface area contributed by atoms with E-state index in [-0.39, 0.29) is 0 Å². The van der Waals surface area contributed by atoms with E-state index in [1.54, 1.807) is 11.3 Å². The molecule has 1 N–H and O–H groups in total. The van der Waals surface area contributed by atoms with Crippen molar-refractivity contribution in [2.45, 2.75) is 34.1 Å². The first-order valence-corrected chi connectivity index (χ1v) is 7.25. The monoisotopic (exact) mass is 239 g/mol. The molecule has 0 spiro atoms. The molecule has 1 aromatic heterocycles. The zero-order chi connectivity index (χ0) is 12.0. The maximum Gasteiger partial charge on any atom is -0.00204 e. The summed E-state index contributed by atoms with van der Waals surface area (Å²) < 4.78 is 0. The summed E-state index contributed by atoms with van der Waals surface area (Å²) in [6.45, 7) is 11.5. The lowest BCUT2D eigenvalue weighted by atomic mass is 9.90. The van der Waals surface area contributed by atoms with Crippen LogP contribution in [0.2, 0.25) is 0 Å². The van der Waals surface area contributed by atoms with Crippen LogP contribution >= 0.6 is 11.3 Å². The van der Waals surface area contributed by atoms with Crippen molar-refractivity contribution in [3.63, 3.8) is 0 Å². The van der Waals surface area contributed by atoms with Crippen LogP contribution in [0.25, 0.3) is 0 Å². The van der Waals surface area contributed by atoms with Crippen LogP contribution in [0.15, 0.2) is 16.8 Å². The van der Waals surface area contributed by atoms with Gasteiger partial charge >= 0.3 is 0 Å². The van der Waals surface area contributed by atoms with Crippen LogP contribution < -0.4 is 5.32 Å². The standard InChI is InChI=1S/C14H25NS/c1-11(2)8-15-9-13(4)12(3)7-14-5-6-16-10-14/h5-6,10-13,15H,7-9H2,1-4H3. The fraction of sp³-hybridized carbons (Fsp3) is 0.714. The Bertz CT molecular complexity index is 266. The molecule has 2 unspecified atom stereocenters. The lowest BCUT2D eigenvalue weighted by Crippen LogP contribution is -2.28. The van der Waals surface area contributed by atoms with E-state index in [0.717, 1.165) is 30.8 Å². The first-order valence-electron chi connectivity index (χ1n) is 6.31. The molecular weight excluding hydrogens is 214 g/mol. The topological polar surface area (TPSA) is 12.0 Å². The lowest BCUT2D eigenvalue weighted by molar-refractivity contribution is 0.357. The minimum Gasteiger partial charge on any atom is -0.316 e. The predicted octanol–water partition coefficient (Wildman–Crippen LogP) is 3.81. The Hall–Kier alpha value is -0.340. The Kier molecular flexibility index (Phi) is 6.07. The van der Waals surface area contributed by atoms with Crippen LogP contribution in [0.3, 0.4) is 0 Å². The molecule has 1 rings (SSSR count). The first-order chi connectivity index (χ1) is 7.59. The van der Waals surface area contributed by atoms with Gasteiger partial charge in [-0.2, -0.15) is 11.3 Å². The Labute approximate surface area is 104 Å². The summed E-state index contributed by atoms with van der Waals surface area (Å²) >= 11 is 1.80. The Morgan fingerprint density at radius 2 is 1.88 bits per heavy atom. The molecule has 1 aromatic rings. The quantitative estimate of drug-likeness (QED) is 0.763. The molecule has 1 heterocycles. The number of hydrogen-bond acceptors (Lipinski definition) is 2. The highest BCUT2D eigenvalue weighted by molar-refractivity contribution is 7.07. The van der Waals surface area contributed by atoms with Gasteiger partial charge in [0.05, 0.1) is 0 Å². The molecule has 0 aliphatic heterocycles. The molecule has 0 saturated carbocycles. The molecule has 0 radical (unpaired) electrons. The number of thiophene rings is 1. The van der Waals surface area contributed by atoms with Gasteiger partial charge in [0.25, 0.3) is 0 Å². The smallest absolute Gasteiger partial charge is 0.00204 e. The Morgan fingerprint density at radius 1 is 1.12 bits per heavy atom. The van der Waals surface area contributed by atoms with Crippen molar-refractivity contribution in [3.8, 4) is 0 Å². The maximum atomic E-state index is 3.55. The van der Waals surface area contributed by atoms with E-state index < -0.39 is 0 Å². The molecule has 92 valence electrons. The van der Waals surface area contributed by atoms with Crippen molar-refractivity contribution >= 4 is 11.3 Å². The van der Waals surface area contributed by atoms with Gasteiger partial charge in [-0.15, -0.1) is 0 Å². The second-order valence-corrected chi connectivity index (χ2v) is 6.12. The minimum absolute atomic E-state index is 0.749. The largest absolute Gasteiger partial charge is 0.316 e. The summed E-state index contributed by atoms with van der Waals surface area (Å²) in [6, 6.07) is 2.25. The summed E-state index contributed by atoms with van der Waals surface area (Å²) in [5, 5.41) is 7.99. The minimum atomic E-state index is 0.749. The highest BCUT2D eigenvalue weighted by Crippen LogP contribution is 2.18. The van der Waals surface area contributed by atoms with E-state index in [1.165, 1.54) is 12.0 Å². The van der Waals surface area contributed by atoms with Gasteiger partial charge in [-0.3, -0.25) is 0 Å². The third-order valence-electron chi connectivity index (χ3n) is 3.13. The number of hydrogen-bond donors (Lipinski definition) is 1. The summed E-state index contributed by atoms with van der Waals surface area (Å²) in [5.74, 6) is 2.26. The fourth-order valence-electron chi connectivity index (χ4n) is 1.78. The molecule has 0 fully saturated rings. The van der Waals surface area contributed by atoms with Crippen LogP contribution in [0.4, 0.5) is 0 Å². The zero-order valence-corrected chi connectivity index (χ0v) is 11.8. The molecule has 0 aliphatic carbocycles. The Morgan fingerprint density at radius 3 is 2.44 bits per heavy atom. The van der Waals surface area contributed by atoms with Crippen molar-refractivity contribution in [2.24, 2.45) is 17.8 Å². The molecule has 0 aliphatic rings. The van der Waals surface area contributed by atoms with Crippen molar-refractivity contribution in [3.05, 3.63) is 22.4 Å². The van der Waals surface area contributed by atoms with E-state index >= 15 is 0 Å². The number of nitrogens with one attached hydrogen (secondary N) is 1. The van der Waals surface area contributed by atoms with Gasteiger partial charge in [0.2, 0.25) is 0 Å². The van der Waals surface area contributed by atoms with Crippen LogP contribution in [0.5, 0.6) is 0 Å². The van der Waals surface area contributed by atoms with Crippen molar-refractivity contribution < 1.29 is 0 Å². The molecule has 16 heavy (non-hydrogen) atoms.